The molecular weight excluding hydrogens is 268 g/mol. The van der Waals surface area contributed by atoms with Gasteiger partial charge >= 0.3 is 0 Å². The molecule has 0 radical (unpaired) electrons. The molecule has 1 amide bonds. The average Bonchev–Trinajstić information content (AvgIpc) is 2.74. The molecule has 0 aliphatic carbocycles. The molecule has 0 saturated carbocycles. The molecule has 0 aliphatic rings. The summed E-state index contributed by atoms with van der Waals surface area (Å²) in [5.74, 6) is 1.13. The first-order chi connectivity index (χ1) is 8.67. The molecule has 1 aromatic carbocycles. The molecule has 0 saturated heterocycles. The van der Waals surface area contributed by atoms with E-state index in [0.29, 0.717) is 11.4 Å². The molecule has 1 heterocycles. The number of ether oxygens (including phenoxy) is 1. The number of carbonyl (C=O) groups is 1. The summed E-state index contributed by atoms with van der Waals surface area (Å²) >= 11 is 2.97. The van der Waals surface area contributed by atoms with Gasteiger partial charge in [-0.1, -0.05) is 0 Å². The smallest absolute Gasteiger partial charge is 0.259 e. The molecule has 0 unspecified atom stereocenters. The van der Waals surface area contributed by atoms with Crippen LogP contribution in [0.15, 0.2) is 23.1 Å². The lowest BCUT2D eigenvalue weighted by molar-refractivity contribution is 0.100. The van der Waals surface area contributed by atoms with E-state index in [4.69, 9.17) is 16.2 Å². The third-order valence-electron chi connectivity index (χ3n) is 2.44. The van der Waals surface area contributed by atoms with Crippen LogP contribution in [0.3, 0.4) is 0 Å². The summed E-state index contributed by atoms with van der Waals surface area (Å²) in [6.07, 6.45) is 0. The fourth-order valence-corrected chi connectivity index (χ4v) is 3.82. The number of methoxy groups -OCH3 is 1. The minimum absolute atomic E-state index is 0.394. The van der Waals surface area contributed by atoms with E-state index in [2.05, 4.69) is 0 Å². The zero-order valence-electron chi connectivity index (χ0n) is 9.93. The summed E-state index contributed by atoms with van der Waals surface area (Å²) in [5, 5.41) is 1.01. The van der Waals surface area contributed by atoms with Crippen molar-refractivity contribution < 1.29 is 9.53 Å². The van der Waals surface area contributed by atoms with Crippen LogP contribution in [-0.2, 0) is 0 Å². The van der Waals surface area contributed by atoms with Crippen molar-refractivity contribution in [1.29, 1.82) is 0 Å². The number of hydrogen-bond donors (Lipinski definition) is 2. The molecule has 0 aliphatic heterocycles. The number of rotatable bonds is 5. The second-order valence-electron chi connectivity index (χ2n) is 3.62. The first-order valence-corrected chi connectivity index (χ1v) is 7.20. The number of nitrogens with two attached hydrogens (primary N) is 2. The van der Waals surface area contributed by atoms with Gasteiger partial charge < -0.3 is 16.2 Å². The molecule has 1 aromatic heterocycles. The van der Waals surface area contributed by atoms with Gasteiger partial charge in [-0.05, 0) is 18.2 Å². The zero-order chi connectivity index (χ0) is 13.1. The van der Waals surface area contributed by atoms with Crippen molar-refractivity contribution in [2.75, 3.05) is 19.4 Å². The molecule has 2 aromatic rings. The lowest BCUT2D eigenvalue weighted by atomic mass is 10.2. The van der Waals surface area contributed by atoms with Crippen LogP contribution in [-0.4, -0.2) is 25.3 Å². The third kappa shape index (κ3) is 2.45. The van der Waals surface area contributed by atoms with Gasteiger partial charge in [-0.15, -0.1) is 23.1 Å². The maximum atomic E-state index is 11.5. The Labute approximate surface area is 113 Å². The predicted molar refractivity (Wildman–Crippen MR) is 76.7 cm³/mol. The Balaban J connectivity index is 2.58. The van der Waals surface area contributed by atoms with Crippen LogP contribution in [0.25, 0.3) is 10.1 Å². The molecule has 0 fully saturated rings. The van der Waals surface area contributed by atoms with Gasteiger partial charge in [0.1, 0.15) is 10.6 Å². The van der Waals surface area contributed by atoms with E-state index in [1.807, 2.05) is 18.2 Å². The second-order valence-corrected chi connectivity index (χ2v) is 5.78. The monoisotopic (exact) mass is 282 g/mol. The second kappa shape index (κ2) is 5.60. The highest BCUT2D eigenvalue weighted by Gasteiger charge is 2.17. The Hall–Kier alpha value is -1.24. The van der Waals surface area contributed by atoms with E-state index in [0.717, 1.165) is 26.5 Å². The van der Waals surface area contributed by atoms with E-state index in [1.165, 1.54) is 11.3 Å². The van der Waals surface area contributed by atoms with E-state index in [9.17, 15) is 4.79 Å². The Bertz CT molecular complexity index is 581. The van der Waals surface area contributed by atoms with E-state index in [-0.39, 0.29) is 0 Å². The summed E-state index contributed by atoms with van der Waals surface area (Å²) in [7, 11) is 1.62. The van der Waals surface area contributed by atoms with Gasteiger partial charge in [0, 0.05) is 27.3 Å². The van der Waals surface area contributed by atoms with Crippen molar-refractivity contribution in [3.05, 3.63) is 23.1 Å². The van der Waals surface area contributed by atoms with Crippen molar-refractivity contribution in [3.8, 4) is 5.75 Å². The number of carbonyl (C=O) groups excluding carboxylic acids is 1. The first-order valence-electron chi connectivity index (χ1n) is 5.40. The maximum Gasteiger partial charge on any atom is 0.259 e. The van der Waals surface area contributed by atoms with Crippen molar-refractivity contribution in [3.63, 3.8) is 0 Å². The molecule has 4 nitrogen and oxygen atoms in total. The molecule has 18 heavy (non-hydrogen) atoms. The minimum Gasteiger partial charge on any atom is -0.497 e. The van der Waals surface area contributed by atoms with Gasteiger partial charge in [0.05, 0.1) is 7.11 Å². The quantitative estimate of drug-likeness (QED) is 0.823. The van der Waals surface area contributed by atoms with Crippen molar-refractivity contribution in [2.45, 2.75) is 4.90 Å². The molecule has 96 valence electrons. The topological polar surface area (TPSA) is 78.3 Å². The van der Waals surface area contributed by atoms with Gasteiger partial charge in [-0.25, -0.2) is 0 Å². The molecule has 2 rings (SSSR count). The highest BCUT2D eigenvalue weighted by Crippen LogP contribution is 2.39. The van der Waals surface area contributed by atoms with Crippen LogP contribution < -0.4 is 16.2 Å². The standard InChI is InChI=1S/C12H14N2O2S2/c1-16-7-2-3-9-8(6-7)10(17-5-4-13)11(18-9)12(14)15/h2-3,6H,4-5,13H2,1H3,(H2,14,15). The van der Waals surface area contributed by atoms with Crippen LogP contribution in [0.5, 0.6) is 5.75 Å². The minimum atomic E-state index is -0.394. The SMILES string of the molecule is COc1ccc2sc(C(N)=O)c(SCCN)c2c1. The van der Waals surface area contributed by atoms with Gasteiger partial charge in [0.2, 0.25) is 0 Å². The molecule has 0 bridgehead atoms. The van der Waals surface area contributed by atoms with Crippen molar-refractivity contribution >= 4 is 39.1 Å². The number of fused-ring (bicyclic) bond motifs is 1. The van der Waals surface area contributed by atoms with Gasteiger partial charge in [-0.3, -0.25) is 4.79 Å². The highest BCUT2D eigenvalue weighted by atomic mass is 32.2. The van der Waals surface area contributed by atoms with E-state index >= 15 is 0 Å². The van der Waals surface area contributed by atoms with Gasteiger partial charge in [0.25, 0.3) is 5.91 Å². The number of primary amides is 1. The van der Waals surface area contributed by atoms with Crippen molar-refractivity contribution in [2.24, 2.45) is 11.5 Å². The van der Waals surface area contributed by atoms with Gasteiger partial charge in [-0.2, -0.15) is 0 Å². The van der Waals surface area contributed by atoms with Crippen molar-refractivity contribution in [1.82, 2.24) is 0 Å². The molecule has 4 N–H and O–H groups in total. The normalized spacial score (nSPS) is 10.8. The van der Waals surface area contributed by atoms with E-state index < -0.39 is 5.91 Å². The highest BCUT2D eigenvalue weighted by molar-refractivity contribution is 7.99. The number of thioether (sulfide) groups is 1. The summed E-state index contributed by atoms with van der Waals surface area (Å²) in [5.41, 5.74) is 10.9. The predicted octanol–water partition coefficient (Wildman–Crippen LogP) is 2.06. The Morgan fingerprint density at radius 1 is 1.50 bits per heavy atom. The molecule has 6 heteroatoms. The van der Waals surface area contributed by atoms with E-state index in [1.54, 1.807) is 18.9 Å². The largest absolute Gasteiger partial charge is 0.497 e. The lowest BCUT2D eigenvalue weighted by Gasteiger charge is -2.02. The number of benzene rings is 1. The maximum absolute atomic E-state index is 11.5. The van der Waals surface area contributed by atoms with Crippen LogP contribution in [0.2, 0.25) is 0 Å². The summed E-state index contributed by atoms with van der Waals surface area (Å²) in [4.78, 5) is 13.0. The first kappa shape index (κ1) is 13.2. The van der Waals surface area contributed by atoms with Crippen LogP contribution in [0.4, 0.5) is 0 Å². The molecule has 0 atom stereocenters. The Kier molecular flexibility index (Phi) is 4.11. The van der Waals surface area contributed by atoms with Crippen LogP contribution in [0.1, 0.15) is 9.67 Å². The zero-order valence-corrected chi connectivity index (χ0v) is 11.6. The summed E-state index contributed by atoms with van der Waals surface area (Å²) in [6, 6.07) is 5.75. The number of amides is 1. The van der Waals surface area contributed by atoms with Crippen LogP contribution in [0, 0.1) is 0 Å². The Morgan fingerprint density at radius 3 is 2.89 bits per heavy atom. The Morgan fingerprint density at radius 2 is 2.28 bits per heavy atom. The van der Waals surface area contributed by atoms with Crippen LogP contribution >= 0.6 is 23.1 Å². The average molecular weight is 282 g/mol. The fraction of sp³-hybridized carbons (Fsp3) is 0.250. The third-order valence-corrected chi connectivity index (χ3v) is 4.90. The number of thiophene rings is 1. The number of hydrogen-bond acceptors (Lipinski definition) is 5. The molecular formula is C12H14N2O2S2. The lowest BCUT2D eigenvalue weighted by Crippen LogP contribution is -2.10. The van der Waals surface area contributed by atoms with Gasteiger partial charge in [0.15, 0.2) is 0 Å². The summed E-state index contributed by atoms with van der Waals surface area (Å²) in [6.45, 7) is 0.560. The summed E-state index contributed by atoms with van der Waals surface area (Å²) < 4.78 is 6.24. The fourth-order valence-electron chi connectivity index (χ4n) is 1.65. The molecule has 0 spiro atoms.